The summed E-state index contributed by atoms with van der Waals surface area (Å²) in [7, 11) is 0. The lowest BCUT2D eigenvalue weighted by atomic mass is 10.0. The summed E-state index contributed by atoms with van der Waals surface area (Å²) in [5, 5.41) is 9.54. The van der Waals surface area contributed by atoms with Crippen LogP contribution in [-0.2, 0) is 6.18 Å². The zero-order valence-corrected chi connectivity index (χ0v) is 17.7. The van der Waals surface area contributed by atoms with E-state index in [2.05, 4.69) is 9.98 Å². The molecule has 9 heteroatoms. The van der Waals surface area contributed by atoms with Crippen LogP contribution in [0.5, 0.6) is 0 Å². The second kappa shape index (κ2) is 9.64. The van der Waals surface area contributed by atoms with Crippen LogP contribution in [0, 0.1) is 11.3 Å². The molecule has 6 nitrogen and oxygen atoms in total. The summed E-state index contributed by atoms with van der Waals surface area (Å²) in [4.78, 5) is 24.4. The van der Waals surface area contributed by atoms with Gasteiger partial charge in [0.1, 0.15) is 11.9 Å². The maximum absolute atomic E-state index is 13.9. The van der Waals surface area contributed by atoms with Crippen LogP contribution in [0.25, 0.3) is 11.3 Å². The van der Waals surface area contributed by atoms with Gasteiger partial charge >= 0.3 is 6.18 Å². The molecule has 0 saturated carbocycles. The number of piperazine rings is 1. The van der Waals surface area contributed by atoms with Crippen LogP contribution in [0.4, 0.5) is 13.2 Å². The van der Waals surface area contributed by atoms with Crippen LogP contribution >= 0.6 is 0 Å². The molecule has 3 rings (SSSR count). The van der Waals surface area contributed by atoms with E-state index >= 15 is 0 Å². The Morgan fingerprint density at radius 3 is 2.28 bits per heavy atom. The molecule has 166 valence electrons. The molecule has 1 amide bonds. The van der Waals surface area contributed by atoms with E-state index in [9.17, 15) is 23.2 Å². The molecular formula is C23H22F3N5O. The molecule has 0 atom stereocenters. The summed E-state index contributed by atoms with van der Waals surface area (Å²) in [5.41, 5.74) is -1.71. The Bertz CT molecular complexity index is 1080. The first kappa shape index (κ1) is 23.0. The van der Waals surface area contributed by atoms with E-state index in [-0.39, 0.29) is 24.3 Å². The van der Waals surface area contributed by atoms with E-state index in [1.807, 2.05) is 24.0 Å². The van der Waals surface area contributed by atoms with Crippen LogP contribution in [0.15, 0.2) is 53.3 Å². The van der Waals surface area contributed by atoms with E-state index in [1.54, 1.807) is 43.5 Å². The Morgan fingerprint density at radius 2 is 1.75 bits per heavy atom. The van der Waals surface area contributed by atoms with Crippen molar-refractivity contribution in [3.8, 4) is 17.3 Å². The third-order valence-electron chi connectivity index (χ3n) is 5.10. The first-order chi connectivity index (χ1) is 15.3. The Labute approximate surface area is 184 Å². The molecule has 0 unspecified atom stereocenters. The molecule has 32 heavy (non-hydrogen) atoms. The Hall–Kier alpha value is -3.67. The predicted octanol–water partition coefficient (Wildman–Crippen LogP) is 4.35. The lowest BCUT2D eigenvalue weighted by molar-refractivity contribution is -0.141. The van der Waals surface area contributed by atoms with E-state index in [0.29, 0.717) is 18.7 Å². The number of benzene rings is 1. The lowest BCUT2D eigenvalue weighted by Gasteiger charge is -2.36. The number of hydrogen-bond acceptors (Lipinski definition) is 5. The number of nitriles is 1. The van der Waals surface area contributed by atoms with E-state index in [0.717, 1.165) is 11.9 Å². The summed E-state index contributed by atoms with van der Waals surface area (Å²) in [6, 6.07) is 11.0. The average Bonchev–Trinajstić information content (AvgIpc) is 2.81. The van der Waals surface area contributed by atoms with Crippen LogP contribution < -0.4 is 0 Å². The molecular weight excluding hydrogens is 419 g/mol. The number of allylic oxidation sites excluding steroid dienone is 1. The quantitative estimate of drug-likeness (QED) is 0.662. The van der Waals surface area contributed by atoms with Crippen molar-refractivity contribution in [2.45, 2.75) is 20.0 Å². The molecule has 1 fully saturated rings. The number of carbonyl (C=O) groups excluding carboxylic acids is 1. The van der Waals surface area contributed by atoms with Gasteiger partial charge in [-0.25, -0.2) is 9.98 Å². The van der Waals surface area contributed by atoms with Gasteiger partial charge in [0.25, 0.3) is 5.91 Å². The van der Waals surface area contributed by atoms with Crippen molar-refractivity contribution < 1.29 is 18.0 Å². The predicted molar refractivity (Wildman–Crippen MR) is 115 cm³/mol. The highest BCUT2D eigenvalue weighted by Gasteiger charge is 2.40. The minimum Gasteiger partial charge on any atom is -0.353 e. The molecule has 2 heterocycles. The number of amides is 1. The van der Waals surface area contributed by atoms with Gasteiger partial charge in [-0.15, -0.1) is 0 Å². The Kier molecular flexibility index (Phi) is 6.93. The minimum absolute atomic E-state index is 0.0836. The molecule has 0 bridgehead atoms. The number of aliphatic imine (C=N–C) groups is 1. The molecule has 1 saturated heterocycles. The lowest BCUT2D eigenvalue weighted by Crippen LogP contribution is -2.48. The smallest absolute Gasteiger partial charge is 0.353 e. The van der Waals surface area contributed by atoms with Crippen LogP contribution in [0.1, 0.15) is 35.5 Å². The topological polar surface area (TPSA) is 72.6 Å². The largest absolute Gasteiger partial charge is 0.434 e. The average molecular weight is 441 g/mol. The van der Waals surface area contributed by atoms with Crippen molar-refractivity contribution in [1.82, 2.24) is 14.8 Å². The van der Waals surface area contributed by atoms with Gasteiger partial charge < -0.3 is 9.80 Å². The van der Waals surface area contributed by atoms with Gasteiger partial charge in [-0.2, -0.15) is 18.4 Å². The summed E-state index contributed by atoms with van der Waals surface area (Å²) < 4.78 is 41.6. The van der Waals surface area contributed by atoms with Crippen molar-refractivity contribution >= 4 is 12.1 Å². The Balaban J connectivity index is 1.95. The van der Waals surface area contributed by atoms with Crippen molar-refractivity contribution in [1.29, 1.82) is 5.26 Å². The Morgan fingerprint density at radius 1 is 1.12 bits per heavy atom. The van der Waals surface area contributed by atoms with Gasteiger partial charge in [-0.1, -0.05) is 30.3 Å². The standard InChI is InChI=1S/C23H22F3N5O/c1-3-19(28-4-2)30-10-12-31(13-11-30)22(32)18-14-17(15-27)20(16-8-6-5-7-9-16)29-21(18)23(24,25)26/h3-9,14H,10-13H2,1-2H3/b19-3+,28-4?. The summed E-state index contributed by atoms with van der Waals surface area (Å²) in [5.74, 6) is -0.0437. The highest BCUT2D eigenvalue weighted by atomic mass is 19.4. The molecule has 0 radical (unpaired) electrons. The molecule has 1 aliphatic heterocycles. The fourth-order valence-electron chi connectivity index (χ4n) is 3.57. The van der Waals surface area contributed by atoms with E-state index in [4.69, 9.17) is 0 Å². The maximum atomic E-state index is 13.9. The third-order valence-corrected chi connectivity index (χ3v) is 5.10. The monoisotopic (exact) mass is 441 g/mol. The van der Waals surface area contributed by atoms with Crippen molar-refractivity contribution in [2.24, 2.45) is 4.99 Å². The number of nitrogens with zero attached hydrogens (tertiary/aromatic N) is 5. The SMILES string of the molecule is CC=N/C(=C\C)N1CCN(C(=O)c2cc(C#N)c(-c3ccccc3)nc2C(F)(F)F)CC1. The van der Waals surface area contributed by atoms with Gasteiger partial charge in [-0.3, -0.25) is 4.79 Å². The highest BCUT2D eigenvalue weighted by molar-refractivity contribution is 5.96. The molecule has 0 N–H and O–H groups in total. The minimum atomic E-state index is -4.85. The normalized spacial score (nSPS) is 15.2. The van der Waals surface area contributed by atoms with Crippen molar-refractivity contribution in [3.63, 3.8) is 0 Å². The molecule has 1 aromatic carbocycles. The van der Waals surface area contributed by atoms with Gasteiger partial charge in [-0.05, 0) is 26.0 Å². The fourth-order valence-corrected chi connectivity index (χ4v) is 3.57. The number of hydrogen-bond donors (Lipinski definition) is 0. The number of rotatable bonds is 4. The molecule has 1 aromatic heterocycles. The first-order valence-electron chi connectivity index (χ1n) is 10.1. The van der Waals surface area contributed by atoms with Gasteiger partial charge in [0.15, 0.2) is 5.69 Å². The summed E-state index contributed by atoms with van der Waals surface area (Å²) >= 11 is 0. The molecule has 0 spiro atoms. The second-order valence-corrected chi connectivity index (χ2v) is 7.07. The van der Waals surface area contributed by atoms with Crippen LogP contribution in [0.3, 0.4) is 0 Å². The molecule has 0 aliphatic carbocycles. The first-order valence-corrected chi connectivity index (χ1v) is 10.1. The van der Waals surface area contributed by atoms with E-state index in [1.165, 1.54) is 4.90 Å². The van der Waals surface area contributed by atoms with Gasteiger partial charge in [0.2, 0.25) is 0 Å². The number of aromatic nitrogens is 1. The van der Waals surface area contributed by atoms with Gasteiger partial charge in [0.05, 0.1) is 16.8 Å². The number of alkyl halides is 3. The number of pyridine rings is 1. The molecule has 1 aliphatic rings. The maximum Gasteiger partial charge on any atom is 0.434 e. The molecule has 2 aromatic rings. The summed E-state index contributed by atoms with van der Waals surface area (Å²) in [6.45, 7) is 4.97. The van der Waals surface area contributed by atoms with Crippen molar-refractivity contribution in [2.75, 3.05) is 26.2 Å². The fraction of sp³-hybridized carbons (Fsp3) is 0.304. The third kappa shape index (κ3) is 4.80. The highest BCUT2D eigenvalue weighted by Crippen LogP contribution is 2.35. The second-order valence-electron chi connectivity index (χ2n) is 7.07. The van der Waals surface area contributed by atoms with Crippen LogP contribution in [-0.4, -0.2) is 53.1 Å². The number of carbonyl (C=O) groups is 1. The number of halogens is 3. The zero-order valence-electron chi connectivity index (χ0n) is 17.7. The zero-order chi connectivity index (χ0) is 23.3. The van der Waals surface area contributed by atoms with Crippen LogP contribution in [0.2, 0.25) is 0 Å². The van der Waals surface area contributed by atoms with Crippen molar-refractivity contribution in [3.05, 3.63) is 65.1 Å². The van der Waals surface area contributed by atoms with E-state index < -0.39 is 23.3 Å². The summed E-state index contributed by atoms with van der Waals surface area (Å²) in [6.07, 6.45) is -1.35. The van der Waals surface area contributed by atoms with Gasteiger partial charge in [0, 0.05) is 38.0 Å².